The molecule has 3 aromatic carbocycles. The van der Waals surface area contributed by atoms with Gasteiger partial charge in [0.1, 0.15) is 11.4 Å². The molecule has 0 aliphatic rings. The number of carbonyl (C=O) groups excluding carboxylic acids is 2. The molecule has 0 bridgehead atoms. The molecular formula is C21H15N3O2. The topological polar surface area (TPSA) is 99.1 Å². The van der Waals surface area contributed by atoms with Crippen LogP contribution >= 0.6 is 0 Å². The van der Waals surface area contributed by atoms with Crippen molar-refractivity contribution in [3.8, 4) is 11.1 Å². The number of hydrogen-bond acceptors (Lipinski definition) is 3. The Morgan fingerprint density at radius 1 is 0.692 bits per heavy atom. The molecule has 0 spiro atoms. The second kappa shape index (κ2) is 5.97. The number of nitrogens with two attached hydrogens (primary N) is 2. The molecule has 126 valence electrons. The van der Waals surface area contributed by atoms with Gasteiger partial charge in [0.05, 0.1) is 0 Å². The summed E-state index contributed by atoms with van der Waals surface area (Å²) in [5.74, 6) is -1.41. The molecule has 4 rings (SSSR count). The number of nitrogens with zero attached hydrogens (tertiary/aromatic N) is 1. The monoisotopic (exact) mass is 341 g/mol. The van der Waals surface area contributed by atoms with Crippen LogP contribution in [0.3, 0.4) is 0 Å². The molecule has 5 heteroatoms. The summed E-state index contributed by atoms with van der Waals surface area (Å²) in [7, 11) is 0. The quantitative estimate of drug-likeness (QED) is 0.559. The molecule has 5 nitrogen and oxygen atoms in total. The van der Waals surface area contributed by atoms with Crippen molar-refractivity contribution in [1.82, 2.24) is 4.98 Å². The zero-order valence-electron chi connectivity index (χ0n) is 13.8. The second-order valence-corrected chi connectivity index (χ2v) is 6.05. The van der Waals surface area contributed by atoms with Gasteiger partial charge in [0.25, 0.3) is 11.8 Å². The van der Waals surface area contributed by atoms with Crippen LogP contribution in [0.15, 0.2) is 66.7 Å². The van der Waals surface area contributed by atoms with E-state index in [1.54, 1.807) is 6.07 Å². The fourth-order valence-corrected chi connectivity index (χ4v) is 3.20. The van der Waals surface area contributed by atoms with E-state index in [9.17, 15) is 9.59 Å². The third kappa shape index (κ3) is 2.56. The van der Waals surface area contributed by atoms with Crippen LogP contribution in [0, 0.1) is 0 Å². The Kier molecular flexibility index (Phi) is 3.62. The highest BCUT2D eigenvalue weighted by molar-refractivity contribution is 6.08. The fourth-order valence-electron chi connectivity index (χ4n) is 3.20. The predicted octanol–water partition coefficient (Wildman–Crippen LogP) is 3.25. The molecule has 1 aromatic heterocycles. The first kappa shape index (κ1) is 15.8. The highest BCUT2D eigenvalue weighted by Crippen LogP contribution is 2.33. The van der Waals surface area contributed by atoms with Crippen molar-refractivity contribution in [3.63, 3.8) is 0 Å². The van der Waals surface area contributed by atoms with E-state index in [0.29, 0.717) is 5.56 Å². The standard InChI is InChI=1S/C21H15N3O2/c22-20(25)18-9-8-16(19(24-18)21(23)26)15-7-3-6-14-10-12-4-1-2-5-13(12)11-17(14)15/h1-11H,(H2,22,25)(H2,23,26). The zero-order valence-corrected chi connectivity index (χ0v) is 13.8. The second-order valence-electron chi connectivity index (χ2n) is 6.05. The summed E-state index contributed by atoms with van der Waals surface area (Å²) in [6.45, 7) is 0. The number of benzene rings is 3. The Morgan fingerprint density at radius 3 is 2.08 bits per heavy atom. The average Bonchev–Trinajstić information content (AvgIpc) is 2.65. The number of pyridine rings is 1. The van der Waals surface area contributed by atoms with Gasteiger partial charge in [-0.3, -0.25) is 9.59 Å². The van der Waals surface area contributed by atoms with Gasteiger partial charge in [-0.15, -0.1) is 0 Å². The van der Waals surface area contributed by atoms with Crippen molar-refractivity contribution in [1.29, 1.82) is 0 Å². The third-order valence-electron chi connectivity index (χ3n) is 4.42. The Bertz CT molecular complexity index is 1200. The molecule has 0 saturated heterocycles. The molecular weight excluding hydrogens is 326 g/mol. The van der Waals surface area contributed by atoms with Gasteiger partial charge in [0, 0.05) is 5.56 Å². The Hall–Kier alpha value is -3.73. The van der Waals surface area contributed by atoms with Crippen LogP contribution in [0.1, 0.15) is 21.0 Å². The Labute approximate surface area is 149 Å². The van der Waals surface area contributed by atoms with Crippen LogP contribution in [-0.2, 0) is 0 Å². The van der Waals surface area contributed by atoms with Crippen LogP contribution in [-0.4, -0.2) is 16.8 Å². The summed E-state index contributed by atoms with van der Waals surface area (Å²) in [6, 6.07) is 21.3. The van der Waals surface area contributed by atoms with Crippen molar-refractivity contribution in [2.75, 3.05) is 0 Å². The van der Waals surface area contributed by atoms with Gasteiger partial charge in [-0.2, -0.15) is 0 Å². The first-order valence-corrected chi connectivity index (χ1v) is 8.07. The van der Waals surface area contributed by atoms with Gasteiger partial charge < -0.3 is 11.5 Å². The molecule has 4 aromatic rings. The lowest BCUT2D eigenvalue weighted by Crippen LogP contribution is -2.19. The Morgan fingerprint density at radius 2 is 1.38 bits per heavy atom. The molecule has 2 amide bonds. The van der Waals surface area contributed by atoms with Crippen molar-refractivity contribution < 1.29 is 9.59 Å². The van der Waals surface area contributed by atoms with Gasteiger partial charge in [-0.05, 0) is 51.4 Å². The van der Waals surface area contributed by atoms with Gasteiger partial charge in [0.2, 0.25) is 0 Å². The summed E-state index contributed by atoms with van der Waals surface area (Å²) < 4.78 is 0. The van der Waals surface area contributed by atoms with Crippen molar-refractivity contribution in [2.45, 2.75) is 0 Å². The number of hydrogen-bond donors (Lipinski definition) is 2. The van der Waals surface area contributed by atoms with Crippen molar-refractivity contribution in [2.24, 2.45) is 11.5 Å². The molecule has 0 atom stereocenters. The minimum Gasteiger partial charge on any atom is -0.364 e. The average molecular weight is 341 g/mol. The lowest BCUT2D eigenvalue weighted by atomic mass is 9.94. The van der Waals surface area contributed by atoms with E-state index in [-0.39, 0.29) is 11.4 Å². The molecule has 4 N–H and O–H groups in total. The highest BCUT2D eigenvalue weighted by atomic mass is 16.1. The maximum Gasteiger partial charge on any atom is 0.267 e. The van der Waals surface area contributed by atoms with E-state index in [1.807, 2.05) is 36.4 Å². The van der Waals surface area contributed by atoms with E-state index < -0.39 is 11.8 Å². The first-order valence-electron chi connectivity index (χ1n) is 8.07. The number of carbonyl (C=O) groups is 2. The zero-order chi connectivity index (χ0) is 18.3. The number of fused-ring (bicyclic) bond motifs is 2. The van der Waals surface area contributed by atoms with E-state index in [2.05, 4.69) is 23.2 Å². The lowest BCUT2D eigenvalue weighted by molar-refractivity contribution is 0.0993. The molecule has 0 aliphatic heterocycles. The summed E-state index contributed by atoms with van der Waals surface area (Å²) >= 11 is 0. The van der Waals surface area contributed by atoms with Crippen LogP contribution in [0.2, 0.25) is 0 Å². The van der Waals surface area contributed by atoms with E-state index in [4.69, 9.17) is 11.5 Å². The van der Waals surface area contributed by atoms with Crippen LogP contribution < -0.4 is 11.5 Å². The van der Waals surface area contributed by atoms with E-state index >= 15 is 0 Å². The minimum absolute atomic E-state index is 0.00763. The largest absolute Gasteiger partial charge is 0.364 e. The van der Waals surface area contributed by atoms with E-state index in [1.165, 1.54) is 6.07 Å². The number of amides is 2. The molecule has 0 unspecified atom stereocenters. The summed E-state index contributed by atoms with van der Waals surface area (Å²) in [5.41, 5.74) is 12.2. The third-order valence-corrected chi connectivity index (χ3v) is 4.42. The van der Waals surface area contributed by atoms with Crippen LogP contribution in [0.5, 0.6) is 0 Å². The van der Waals surface area contributed by atoms with Crippen molar-refractivity contribution in [3.05, 3.63) is 78.1 Å². The SMILES string of the molecule is NC(=O)c1ccc(-c2cccc3cc4ccccc4cc23)c(C(N)=O)n1. The summed E-state index contributed by atoms with van der Waals surface area (Å²) in [6.07, 6.45) is 0. The first-order chi connectivity index (χ1) is 12.5. The van der Waals surface area contributed by atoms with Gasteiger partial charge in [-0.1, -0.05) is 42.5 Å². The fraction of sp³-hybridized carbons (Fsp3) is 0. The van der Waals surface area contributed by atoms with E-state index in [0.717, 1.165) is 27.1 Å². The Balaban J connectivity index is 2.04. The van der Waals surface area contributed by atoms with Crippen LogP contribution in [0.25, 0.3) is 32.7 Å². The number of aromatic nitrogens is 1. The molecule has 26 heavy (non-hydrogen) atoms. The summed E-state index contributed by atoms with van der Waals surface area (Å²) in [5, 5.41) is 4.24. The minimum atomic E-state index is -0.708. The van der Waals surface area contributed by atoms with Gasteiger partial charge in [-0.25, -0.2) is 4.98 Å². The van der Waals surface area contributed by atoms with Crippen LogP contribution in [0.4, 0.5) is 0 Å². The smallest absolute Gasteiger partial charge is 0.267 e. The van der Waals surface area contributed by atoms with Gasteiger partial charge >= 0.3 is 0 Å². The number of primary amides is 2. The molecule has 1 heterocycles. The maximum absolute atomic E-state index is 11.9. The molecule has 0 radical (unpaired) electrons. The summed E-state index contributed by atoms with van der Waals surface area (Å²) in [4.78, 5) is 27.4. The van der Waals surface area contributed by atoms with Crippen molar-refractivity contribution >= 4 is 33.4 Å². The molecule has 0 saturated carbocycles. The molecule has 0 fully saturated rings. The maximum atomic E-state index is 11.9. The lowest BCUT2D eigenvalue weighted by Gasteiger charge is -2.12. The normalized spacial score (nSPS) is 10.9. The highest BCUT2D eigenvalue weighted by Gasteiger charge is 2.17. The number of rotatable bonds is 3. The predicted molar refractivity (Wildman–Crippen MR) is 102 cm³/mol. The van der Waals surface area contributed by atoms with Gasteiger partial charge in [0.15, 0.2) is 0 Å². The molecule has 0 aliphatic carbocycles.